The van der Waals surface area contributed by atoms with Crippen LogP contribution in [0, 0.1) is 36.5 Å². The Labute approximate surface area is 475 Å². The molecule has 0 aliphatic carbocycles. The van der Waals surface area contributed by atoms with Crippen molar-refractivity contribution in [3.05, 3.63) is 223 Å². The molecule has 4 N–H and O–H groups in total. The van der Waals surface area contributed by atoms with Crippen molar-refractivity contribution in [1.29, 1.82) is 10.5 Å². The van der Waals surface area contributed by atoms with Crippen LogP contribution in [0.2, 0.25) is 0 Å². The van der Waals surface area contributed by atoms with E-state index in [-0.39, 0.29) is 82.7 Å². The van der Waals surface area contributed by atoms with Gasteiger partial charge in [-0.25, -0.2) is 0 Å². The van der Waals surface area contributed by atoms with Crippen LogP contribution < -0.4 is 30.1 Å². The summed E-state index contributed by atoms with van der Waals surface area (Å²) in [4.78, 5) is 51.7. The van der Waals surface area contributed by atoms with Crippen molar-refractivity contribution in [1.82, 2.24) is 19.8 Å². The standard InChI is InChI=1S/C59H50N10O12S2/c1-37-45(35-60)55(72)68(33-31-62-53(70)39-15-7-5-8-16-39)57(74)51(37)66-64-47-19-11-13-21-49(47)82(76,77)80-43-27-23-41(24-28-43)59(3,4)42-25-29-44(30-26-42)81-83(78,79)50-22-14-12-20-48(50)65-67-52-38(2)46(36-61)56(73)69(58(52)75)34-32-63-54(71)40-17-9-6-10-18-40/h5-30,72-73H,31-34H2,1-4H3,(H,62,70)(H,63,71). The maximum Gasteiger partial charge on any atom is 0.341 e. The number of aromatic hydroxyl groups is 2. The average Bonchev–Trinajstić information content (AvgIpc) is 3.60. The zero-order chi connectivity index (χ0) is 59.6. The maximum absolute atomic E-state index is 13.8. The highest BCUT2D eigenvalue weighted by atomic mass is 32.2. The fourth-order valence-electron chi connectivity index (χ4n) is 8.55. The quantitative estimate of drug-likeness (QED) is 0.0408. The van der Waals surface area contributed by atoms with Crippen LogP contribution in [0.1, 0.15) is 67.9 Å². The minimum Gasteiger partial charge on any atom is -0.493 e. The number of hydrogen-bond acceptors (Lipinski definition) is 18. The number of nitrogens with one attached hydrogen (secondary N) is 2. The Morgan fingerprint density at radius 2 is 0.867 bits per heavy atom. The Balaban J connectivity index is 0.941. The van der Waals surface area contributed by atoms with Gasteiger partial charge in [0.25, 0.3) is 22.9 Å². The number of carbonyl (C=O) groups excluding carboxylic acids is 2. The molecule has 0 atom stereocenters. The number of benzene rings is 6. The van der Waals surface area contributed by atoms with E-state index in [1.54, 1.807) is 84.9 Å². The molecule has 0 aliphatic rings. The average molecular weight is 1160 g/mol. The van der Waals surface area contributed by atoms with Crippen LogP contribution in [0.25, 0.3) is 0 Å². The number of pyridine rings is 2. The Bertz CT molecular complexity index is 4030. The Morgan fingerprint density at radius 1 is 0.530 bits per heavy atom. The van der Waals surface area contributed by atoms with Crippen LogP contribution in [0.4, 0.5) is 22.7 Å². The monoisotopic (exact) mass is 1150 g/mol. The fraction of sp³-hybridized carbons (Fsp3) is 0.153. The van der Waals surface area contributed by atoms with Gasteiger partial charge in [0.1, 0.15) is 55.9 Å². The van der Waals surface area contributed by atoms with E-state index in [2.05, 4.69) is 31.1 Å². The van der Waals surface area contributed by atoms with Gasteiger partial charge in [-0.05, 0) is 97.8 Å². The molecule has 420 valence electrons. The lowest BCUT2D eigenvalue weighted by Crippen LogP contribution is -2.31. The van der Waals surface area contributed by atoms with Gasteiger partial charge in [-0.15, -0.1) is 20.5 Å². The molecule has 2 amide bonds. The summed E-state index contributed by atoms with van der Waals surface area (Å²) in [7, 11) is -9.21. The van der Waals surface area contributed by atoms with Crippen LogP contribution in [0.15, 0.2) is 198 Å². The number of nitrogens with zero attached hydrogens (tertiary/aromatic N) is 8. The molecule has 0 radical (unpaired) electrons. The van der Waals surface area contributed by atoms with Crippen molar-refractivity contribution in [2.24, 2.45) is 20.5 Å². The van der Waals surface area contributed by atoms with Crippen molar-refractivity contribution < 1.29 is 45.0 Å². The lowest BCUT2D eigenvalue weighted by molar-refractivity contribution is 0.0943. The van der Waals surface area contributed by atoms with Gasteiger partial charge in [0.05, 0.1) is 0 Å². The van der Waals surface area contributed by atoms with Gasteiger partial charge in [0, 0.05) is 53.8 Å². The summed E-state index contributed by atoms with van der Waals surface area (Å²) in [6.07, 6.45) is 0. The van der Waals surface area contributed by atoms with Crippen LogP contribution in [0.5, 0.6) is 23.3 Å². The minimum absolute atomic E-state index is 0.0164. The van der Waals surface area contributed by atoms with Gasteiger partial charge in [-0.3, -0.25) is 28.3 Å². The lowest BCUT2D eigenvalue weighted by atomic mass is 9.78. The summed E-state index contributed by atoms with van der Waals surface area (Å²) in [6, 6.07) is 43.7. The third-order valence-corrected chi connectivity index (χ3v) is 15.8. The third kappa shape index (κ3) is 12.9. The van der Waals surface area contributed by atoms with Crippen molar-refractivity contribution in [2.45, 2.75) is 56.0 Å². The summed E-state index contributed by atoms with van der Waals surface area (Å²) in [6.45, 7) is 5.83. The number of aromatic nitrogens is 2. The summed E-state index contributed by atoms with van der Waals surface area (Å²) in [5.41, 5.74) is -2.04. The van der Waals surface area contributed by atoms with Gasteiger partial charge in [0.2, 0.25) is 11.8 Å². The van der Waals surface area contributed by atoms with Crippen LogP contribution in [-0.2, 0) is 38.7 Å². The first-order chi connectivity index (χ1) is 39.7. The molecule has 0 aliphatic heterocycles. The van der Waals surface area contributed by atoms with E-state index in [4.69, 9.17) is 8.37 Å². The van der Waals surface area contributed by atoms with E-state index >= 15 is 0 Å². The van der Waals surface area contributed by atoms with Crippen molar-refractivity contribution in [3.8, 4) is 35.4 Å². The molecule has 0 spiro atoms. The maximum atomic E-state index is 13.8. The predicted octanol–water partition coefficient (Wildman–Crippen LogP) is 9.33. The van der Waals surface area contributed by atoms with E-state index in [9.17, 15) is 56.8 Å². The SMILES string of the molecule is Cc1c(C#N)c(O)n(CCNC(=O)c2ccccc2)c(=O)c1N=Nc1ccccc1S(=O)(=O)Oc1ccc(C(C)(C)c2ccc(OS(=O)(=O)c3ccccc3N=Nc3c(C)c(C#N)c(O)n(CCNC(=O)c4ccccc4)c3=O)cc2)cc1. The summed E-state index contributed by atoms with van der Waals surface area (Å²) >= 11 is 0. The number of hydrogen-bond donors (Lipinski definition) is 4. The second kappa shape index (κ2) is 24.8. The smallest absolute Gasteiger partial charge is 0.341 e. The molecule has 0 unspecified atom stereocenters. The Hall–Kier alpha value is -10.6. The van der Waals surface area contributed by atoms with E-state index in [1.165, 1.54) is 86.6 Å². The predicted molar refractivity (Wildman–Crippen MR) is 303 cm³/mol. The molecule has 22 nitrogen and oxygen atoms in total. The molecule has 8 rings (SSSR count). The molecule has 83 heavy (non-hydrogen) atoms. The molecule has 8 aromatic rings. The molecule has 24 heteroatoms. The van der Waals surface area contributed by atoms with E-state index in [0.717, 1.165) is 9.13 Å². The molecular weight excluding hydrogens is 1100 g/mol. The molecule has 6 aromatic carbocycles. The van der Waals surface area contributed by atoms with Crippen molar-refractivity contribution in [2.75, 3.05) is 13.1 Å². The van der Waals surface area contributed by atoms with E-state index in [1.807, 2.05) is 26.0 Å². The zero-order valence-electron chi connectivity index (χ0n) is 44.7. The van der Waals surface area contributed by atoms with Gasteiger partial charge < -0.3 is 29.2 Å². The second-order valence-electron chi connectivity index (χ2n) is 18.8. The van der Waals surface area contributed by atoms with Crippen LogP contribution in [0.3, 0.4) is 0 Å². The molecular formula is C59H50N10O12S2. The number of azo groups is 2. The summed E-state index contributed by atoms with van der Waals surface area (Å²) in [5, 5.41) is 63.0. The van der Waals surface area contributed by atoms with Gasteiger partial charge >= 0.3 is 20.2 Å². The van der Waals surface area contributed by atoms with Crippen molar-refractivity contribution in [3.63, 3.8) is 0 Å². The fourth-order valence-corrected chi connectivity index (χ4v) is 10.7. The third-order valence-electron chi connectivity index (χ3n) is 13.2. The highest BCUT2D eigenvalue weighted by Crippen LogP contribution is 2.37. The van der Waals surface area contributed by atoms with Crippen molar-refractivity contribution >= 4 is 54.8 Å². The number of rotatable bonds is 20. The molecule has 2 heterocycles. The normalized spacial score (nSPS) is 11.7. The highest BCUT2D eigenvalue weighted by Gasteiger charge is 2.28. The molecule has 0 bridgehead atoms. The number of carbonyl (C=O) groups is 2. The molecule has 2 aromatic heterocycles. The number of nitriles is 2. The van der Waals surface area contributed by atoms with E-state index < -0.39 is 70.1 Å². The molecule has 0 saturated heterocycles. The first-order valence-corrected chi connectivity index (χ1v) is 28.0. The minimum atomic E-state index is -4.61. The van der Waals surface area contributed by atoms with Gasteiger partial charge in [-0.1, -0.05) is 98.8 Å². The lowest BCUT2D eigenvalue weighted by Gasteiger charge is -2.26. The Kier molecular flexibility index (Phi) is 17.5. The number of amides is 2. The topological polar surface area (TPSA) is 326 Å². The van der Waals surface area contributed by atoms with Crippen LogP contribution >= 0.6 is 0 Å². The zero-order valence-corrected chi connectivity index (χ0v) is 46.3. The molecule has 0 fully saturated rings. The largest absolute Gasteiger partial charge is 0.493 e. The van der Waals surface area contributed by atoms with Crippen LogP contribution in [-0.4, -0.2) is 61.1 Å². The summed E-state index contributed by atoms with van der Waals surface area (Å²) < 4.78 is 68.1. The first-order valence-electron chi connectivity index (χ1n) is 25.2. The van der Waals surface area contributed by atoms with Gasteiger partial charge in [-0.2, -0.15) is 27.4 Å². The highest BCUT2D eigenvalue weighted by molar-refractivity contribution is 7.87. The van der Waals surface area contributed by atoms with Gasteiger partial charge in [0.15, 0.2) is 11.4 Å². The first kappa shape index (κ1) is 58.6. The van der Waals surface area contributed by atoms with E-state index in [0.29, 0.717) is 22.3 Å². The second-order valence-corrected chi connectivity index (χ2v) is 21.8. The summed E-state index contributed by atoms with van der Waals surface area (Å²) in [5.74, 6) is -2.28. The molecule has 0 saturated carbocycles. The Morgan fingerprint density at radius 3 is 1.22 bits per heavy atom.